The van der Waals surface area contributed by atoms with Gasteiger partial charge in [-0.05, 0) is 23.8 Å². The lowest BCUT2D eigenvalue weighted by molar-refractivity contribution is -0.138. The summed E-state index contributed by atoms with van der Waals surface area (Å²) in [7, 11) is 1.29. The molecule has 0 aliphatic heterocycles. The van der Waals surface area contributed by atoms with Gasteiger partial charge in [0, 0.05) is 18.2 Å². The van der Waals surface area contributed by atoms with E-state index in [4.69, 9.17) is 10.1 Å². The van der Waals surface area contributed by atoms with Crippen molar-refractivity contribution < 1.29 is 19.1 Å². The Labute approximate surface area is 146 Å². The van der Waals surface area contributed by atoms with Crippen molar-refractivity contribution in [1.29, 1.82) is 5.41 Å². The summed E-state index contributed by atoms with van der Waals surface area (Å²) < 4.78 is 10.3. The van der Waals surface area contributed by atoms with Crippen molar-refractivity contribution in [2.45, 2.75) is 13.5 Å². The molecule has 0 bridgehead atoms. The number of carbonyl (C=O) groups excluding carboxylic acids is 2. The molecule has 6 heteroatoms. The van der Waals surface area contributed by atoms with E-state index in [1.807, 2.05) is 30.3 Å². The summed E-state index contributed by atoms with van der Waals surface area (Å²) in [5.74, 6) is -0.278. The number of hydrogen-bond donors (Lipinski definition) is 2. The predicted octanol–water partition coefficient (Wildman–Crippen LogP) is 2.81. The Kier molecular flexibility index (Phi) is 6.28. The predicted molar refractivity (Wildman–Crippen MR) is 95.2 cm³/mol. The first-order valence-corrected chi connectivity index (χ1v) is 7.72. The quantitative estimate of drug-likeness (QED) is 0.570. The van der Waals surface area contributed by atoms with E-state index >= 15 is 0 Å². The minimum absolute atomic E-state index is 0.0566. The second-order valence-electron chi connectivity index (χ2n) is 5.34. The first-order valence-electron chi connectivity index (χ1n) is 7.72. The summed E-state index contributed by atoms with van der Waals surface area (Å²) in [4.78, 5) is 22.9. The molecule has 0 fully saturated rings. The average molecular weight is 340 g/mol. The molecule has 2 aromatic carbocycles. The molecule has 0 unspecified atom stereocenters. The van der Waals surface area contributed by atoms with Gasteiger partial charge in [-0.2, -0.15) is 0 Å². The topological polar surface area (TPSA) is 88.5 Å². The second kappa shape index (κ2) is 8.63. The number of anilines is 1. The normalized spacial score (nSPS) is 10.0. The van der Waals surface area contributed by atoms with Crippen LogP contribution in [0.25, 0.3) is 0 Å². The van der Waals surface area contributed by atoms with Gasteiger partial charge in [0.1, 0.15) is 24.6 Å². The molecule has 0 aliphatic rings. The number of ketones is 1. The number of nitrogens with one attached hydrogen (secondary N) is 2. The molecule has 0 heterocycles. The van der Waals surface area contributed by atoms with Gasteiger partial charge in [0.15, 0.2) is 5.78 Å². The first kappa shape index (κ1) is 18.2. The molecule has 0 aliphatic carbocycles. The van der Waals surface area contributed by atoms with E-state index in [0.717, 1.165) is 5.56 Å². The first-order chi connectivity index (χ1) is 12.0. The van der Waals surface area contributed by atoms with E-state index in [0.29, 0.717) is 23.6 Å². The van der Waals surface area contributed by atoms with Crippen LogP contribution in [0.1, 0.15) is 18.1 Å². The largest absolute Gasteiger partial charge is 0.489 e. The average Bonchev–Trinajstić information content (AvgIpc) is 2.64. The lowest BCUT2D eigenvalue weighted by atomic mass is 10.0. The highest BCUT2D eigenvalue weighted by atomic mass is 16.5. The molecule has 2 rings (SSSR count). The molecule has 2 aromatic rings. The highest BCUT2D eigenvalue weighted by molar-refractivity contribution is 6.45. The molecular weight excluding hydrogens is 320 g/mol. The van der Waals surface area contributed by atoms with Gasteiger partial charge in [0.05, 0.1) is 7.11 Å². The van der Waals surface area contributed by atoms with Crippen molar-refractivity contribution in [3.63, 3.8) is 0 Å². The molecule has 0 amide bonds. The number of carbonyl (C=O) groups is 2. The minimum atomic E-state index is -0.440. The highest BCUT2D eigenvalue weighted by Gasteiger charge is 2.14. The maximum Gasteiger partial charge on any atom is 0.325 e. The summed E-state index contributed by atoms with van der Waals surface area (Å²) in [5.41, 5.74) is 1.73. The van der Waals surface area contributed by atoms with Crippen LogP contribution in [0.3, 0.4) is 0 Å². The molecule has 25 heavy (non-hydrogen) atoms. The van der Waals surface area contributed by atoms with E-state index in [1.54, 1.807) is 18.2 Å². The molecule has 0 atom stereocenters. The molecular formula is C19H20N2O4. The van der Waals surface area contributed by atoms with Gasteiger partial charge in [0.25, 0.3) is 0 Å². The fourth-order valence-electron chi connectivity index (χ4n) is 2.14. The van der Waals surface area contributed by atoms with Gasteiger partial charge in [0.2, 0.25) is 0 Å². The third kappa shape index (κ3) is 5.17. The maximum absolute atomic E-state index is 11.6. The van der Waals surface area contributed by atoms with Crippen LogP contribution in [0.15, 0.2) is 48.5 Å². The van der Waals surface area contributed by atoms with Crippen LogP contribution in [0.4, 0.5) is 5.69 Å². The minimum Gasteiger partial charge on any atom is -0.489 e. The number of Topliss-reactive ketones (excluding diaryl/α,β-unsaturated/α-hetero) is 1. The number of benzene rings is 2. The fraction of sp³-hybridized carbons (Fsp3) is 0.211. The zero-order valence-corrected chi connectivity index (χ0v) is 14.2. The van der Waals surface area contributed by atoms with Crippen molar-refractivity contribution >= 4 is 23.2 Å². The van der Waals surface area contributed by atoms with Crippen molar-refractivity contribution in [3.05, 3.63) is 59.7 Å². The Morgan fingerprint density at radius 3 is 2.48 bits per heavy atom. The van der Waals surface area contributed by atoms with E-state index < -0.39 is 5.97 Å². The van der Waals surface area contributed by atoms with Gasteiger partial charge in [-0.1, -0.05) is 30.3 Å². The molecule has 130 valence electrons. The Hall–Kier alpha value is -3.15. The molecule has 6 nitrogen and oxygen atoms in total. The van der Waals surface area contributed by atoms with Crippen molar-refractivity contribution in [2.24, 2.45) is 0 Å². The van der Waals surface area contributed by atoms with Gasteiger partial charge in [-0.15, -0.1) is 0 Å². The lowest BCUT2D eigenvalue weighted by Gasteiger charge is -2.14. The van der Waals surface area contributed by atoms with Crippen LogP contribution in [0, 0.1) is 5.41 Å². The summed E-state index contributed by atoms with van der Waals surface area (Å²) in [5, 5.41) is 10.9. The van der Waals surface area contributed by atoms with Crippen molar-refractivity contribution in [3.8, 4) is 5.75 Å². The summed E-state index contributed by atoms with van der Waals surface area (Å²) in [6, 6.07) is 14.7. The van der Waals surface area contributed by atoms with Gasteiger partial charge < -0.3 is 14.8 Å². The van der Waals surface area contributed by atoms with Crippen LogP contribution in [-0.4, -0.2) is 31.1 Å². The van der Waals surface area contributed by atoms with E-state index in [9.17, 15) is 9.59 Å². The summed E-state index contributed by atoms with van der Waals surface area (Å²) >= 11 is 0. The Morgan fingerprint density at radius 1 is 1.12 bits per heavy atom. The summed E-state index contributed by atoms with van der Waals surface area (Å²) in [6.45, 7) is 1.64. The lowest BCUT2D eigenvalue weighted by Crippen LogP contribution is -2.18. The SMILES string of the molecule is COC(=O)CNc1ccc(OCc2ccccc2)cc1C(=N)C(C)=O. The van der Waals surface area contributed by atoms with Crippen LogP contribution in [0.5, 0.6) is 5.75 Å². The number of methoxy groups -OCH3 is 1. The third-order valence-corrected chi connectivity index (χ3v) is 3.51. The molecule has 0 spiro atoms. The fourth-order valence-corrected chi connectivity index (χ4v) is 2.14. The molecule has 0 saturated carbocycles. The van der Waals surface area contributed by atoms with Crippen LogP contribution >= 0.6 is 0 Å². The van der Waals surface area contributed by atoms with E-state index in [1.165, 1.54) is 14.0 Å². The van der Waals surface area contributed by atoms with Gasteiger partial charge in [-0.25, -0.2) is 0 Å². The highest BCUT2D eigenvalue weighted by Crippen LogP contribution is 2.24. The number of rotatable bonds is 8. The molecule has 0 radical (unpaired) electrons. The monoisotopic (exact) mass is 340 g/mol. The standard InChI is InChI=1S/C19H20N2O4/c1-13(22)19(20)16-10-15(25-12-14-6-4-3-5-7-14)8-9-17(16)21-11-18(23)24-2/h3-10,20-21H,11-12H2,1-2H3. The van der Waals surface area contributed by atoms with Gasteiger partial charge in [-0.3, -0.25) is 15.0 Å². The van der Waals surface area contributed by atoms with E-state index in [-0.39, 0.29) is 18.0 Å². The third-order valence-electron chi connectivity index (χ3n) is 3.51. The smallest absolute Gasteiger partial charge is 0.325 e. The molecule has 0 saturated heterocycles. The molecule has 0 aromatic heterocycles. The zero-order valence-electron chi connectivity index (χ0n) is 14.2. The van der Waals surface area contributed by atoms with Crippen LogP contribution in [-0.2, 0) is 20.9 Å². The molecule has 2 N–H and O–H groups in total. The van der Waals surface area contributed by atoms with Crippen LogP contribution in [0.2, 0.25) is 0 Å². The Balaban J connectivity index is 2.19. The number of esters is 1. The van der Waals surface area contributed by atoms with Gasteiger partial charge >= 0.3 is 5.97 Å². The zero-order chi connectivity index (χ0) is 18.2. The van der Waals surface area contributed by atoms with Crippen molar-refractivity contribution in [2.75, 3.05) is 19.0 Å². The summed E-state index contributed by atoms with van der Waals surface area (Å²) in [6.07, 6.45) is 0. The van der Waals surface area contributed by atoms with Crippen molar-refractivity contribution in [1.82, 2.24) is 0 Å². The second-order valence-corrected chi connectivity index (χ2v) is 5.34. The maximum atomic E-state index is 11.6. The number of ether oxygens (including phenoxy) is 2. The van der Waals surface area contributed by atoms with E-state index in [2.05, 4.69) is 10.1 Å². The Morgan fingerprint density at radius 2 is 1.84 bits per heavy atom. The Bertz CT molecular complexity index is 772. The van der Waals surface area contributed by atoms with Crippen LogP contribution < -0.4 is 10.1 Å². The number of hydrogen-bond acceptors (Lipinski definition) is 6.